The Morgan fingerprint density at radius 2 is 2.12 bits per heavy atom. The Morgan fingerprint density at radius 1 is 1.38 bits per heavy atom. The topological polar surface area (TPSA) is 69.7 Å². The first-order chi connectivity index (χ1) is 11.5. The second-order valence-corrected chi connectivity index (χ2v) is 5.46. The standard InChI is InChI=1S/C17H20FN3O3/c1-2-9-20(12-13-6-3-4-7-14(13)18)15(22)8-5-10-21-16(23)11-19-17(21)24/h2-4,6-7H,1,5,8-12H2,(H,19,24). The number of nitrogens with zero attached hydrogens (tertiary/aromatic N) is 2. The van der Waals surface area contributed by atoms with Gasteiger partial charge in [0.25, 0.3) is 0 Å². The van der Waals surface area contributed by atoms with E-state index in [1.165, 1.54) is 11.0 Å². The number of benzene rings is 1. The lowest BCUT2D eigenvalue weighted by Gasteiger charge is -2.22. The van der Waals surface area contributed by atoms with Crippen molar-refractivity contribution in [3.05, 3.63) is 48.3 Å². The van der Waals surface area contributed by atoms with Crippen LogP contribution in [0.1, 0.15) is 18.4 Å². The van der Waals surface area contributed by atoms with Gasteiger partial charge in [-0.2, -0.15) is 0 Å². The lowest BCUT2D eigenvalue weighted by molar-refractivity contribution is -0.132. The highest BCUT2D eigenvalue weighted by Gasteiger charge is 2.28. The van der Waals surface area contributed by atoms with E-state index < -0.39 is 6.03 Å². The first kappa shape index (κ1) is 17.7. The van der Waals surface area contributed by atoms with Gasteiger partial charge in [-0.05, 0) is 12.5 Å². The Labute approximate surface area is 139 Å². The summed E-state index contributed by atoms with van der Waals surface area (Å²) in [6.45, 7) is 4.27. The van der Waals surface area contributed by atoms with Crippen molar-refractivity contribution in [1.29, 1.82) is 0 Å². The molecule has 1 aliphatic heterocycles. The number of imide groups is 1. The van der Waals surface area contributed by atoms with Crippen LogP contribution in [0.3, 0.4) is 0 Å². The molecule has 1 fully saturated rings. The van der Waals surface area contributed by atoms with Gasteiger partial charge in [-0.1, -0.05) is 24.3 Å². The Morgan fingerprint density at radius 3 is 2.75 bits per heavy atom. The maximum Gasteiger partial charge on any atom is 0.324 e. The summed E-state index contributed by atoms with van der Waals surface area (Å²) in [5.41, 5.74) is 0.432. The van der Waals surface area contributed by atoms with Gasteiger partial charge in [-0.3, -0.25) is 14.5 Å². The Kier molecular flexibility index (Phi) is 6.06. The lowest BCUT2D eigenvalue weighted by atomic mass is 10.2. The van der Waals surface area contributed by atoms with E-state index in [9.17, 15) is 18.8 Å². The predicted molar refractivity (Wildman–Crippen MR) is 86.4 cm³/mol. The Balaban J connectivity index is 1.89. The van der Waals surface area contributed by atoms with Gasteiger partial charge in [-0.25, -0.2) is 9.18 Å². The highest BCUT2D eigenvalue weighted by molar-refractivity contribution is 6.01. The molecule has 4 amide bonds. The first-order valence-electron chi connectivity index (χ1n) is 7.73. The van der Waals surface area contributed by atoms with E-state index >= 15 is 0 Å². The molecule has 0 atom stereocenters. The number of urea groups is 1. The average Bonchev–Trinajstić information content (AvgIpc) is 2.88. The van der Waals surface area contributed by atoms with Crippen molar-refractivity contribution in [3.8, 4) is 0 Å². The fourth-order valence-electron chi connectivity index (χ4n) is 2.47. The van der Waals surface area contributed by atoms with Crippen LogP contribution < -0.4 is 5.32 Å². The van der Waals surface area contributed by atoms with Crippen LogP contribution in [-0.2, 0) is 16.1 Å². The molecule has 7 heteroatoms. The van der Waals surface area contributed by atoms with Crippen molar-refractivity contribution < 1.29 is 18.8 Å². The van der Waals surface area contributed by atoms with E-state index in [4.69, 9.17) is 0 Å². The van der Waals surface area contributed by atoms with Crippen molar-refractivity contribution in [2.24, 2.45) is 0 Å². The normalized spacial score (nSPS) is 13.8. The Bertz CT molecular complexity index is 632. The number of carbonyl (C=O) groups excluding carboxylic acids is 3. The van der Waals surface area contributed by atoms with E-state index in [0.717, 1.165) is 4.90 Å². The molecule has 0 spiro atoms. The number of nitrogens with one attached hydrogen (secondary N) is 1. The van der Waals surface area contributed by atoms with Crippen LogP contribution in [0.4, 0.5) is 9.18 Å². The van der Waals surface area contributed by atoms with Gasteiger partial charge in [-0.15, -0.1) is 6.58 Å². The fraction of sp³-hybridized carbons (Fsp3) is 0.353. The molecule has 1 saturated heterocycles. The summed E-state index contributed by atoms with van der Waals surface area (Å²) in [6.07, 6.45) is 2.11. The van der Waals surface area contributed by atoms with Gasteiger partial charge in [0.15, 0.2) is 0 Å². The minimum Gasteiger partial charge on any atom is -0.335 e. The zero-order valence-corrected chi connectivity index (χ0v) is 13.3. The highest BCUT2D eigenvalue weighted by Crippen LogP contribution is 2.12. The molecule has 0 aliphatic carbocycles. The third-order valence-electron chi connectivity index (χ3n) is 3.73. The summed E-state index contributed by atoms with van der Waals surface area (Å²) in [5.74, 6) is -0.828. The number of halogens is 1. The maximum atomic E-state index is 13.7. The predicted octanol–water partition coefficient (Wildman–Crippen LogP) is 1.67. The Hall–Kier alpha value is -2.70. The van der Waals surface area contributed by atoms with E-state index in [-0.39, 0.29) is 43.7 Å². The van der Waals surface area contributed by atoms with Crippen LogP contribution in [-0.4, -0.2) is 47.3 Å². The zero-order chi connectivity index (χ0) is 17.5. The van der Waals surface area contributed by atoms with Crippen LogP contribution in [0.25, 0.3) is 0 Å². The molecule has 24 heavy (non-hydrogen) atoms. The minimum absolute atomic E-state index is 0.00263. The van der Waals surface area contributed by atoms with Gasteiger partial charge in [0.1, 0.15) is 5.82 Å². The SMILES string of the molecule is C=CCN(Cc1ccccc1F)C(=O)CCCN1C(=O)CNC1=O. The number of rotatable bonds is 8. The molecule has 1 heterocycles. The van der Waals surface area contributed by atoms with Crippen LogP contribution in [0, 0.1) is 5.82 Å². The quantitative estimate of drug-likeness (QED) is 0.581. The monoisotopic (exact) mass is 333 g/mol. The van der Waals surface area contributed by atoms with Crippen LogP contribution in [0.5, 0.6) is 0 Å². The molecule has 1 aromatic rings. The van der Waals surface area contributed by atoms with Crippen molar-refractivity contribution in [2.75, 3.05) is 19.6 Å². The van der Waals surface area contributed by atoms with Gasteiger partial charge in [0, 0.05) is 31.6 Å². The zero-order valence-electron chi connectivity index (χ0n) is 13.3. The number of carbonyl (C=O) groups is 3. The average molecular weight is 333 g/mol. The molecule has 0 unspecified atom stereocenters. The molecule has 2 rings (SSSR count). The summed E-state index contributed by atoms with van der Waals surface area (Å²) in [7, 11) is 0. The van der Waals surface area contributed by atoms with Crippen molar-refractivity contribution >= 4 is 17.8 Å². The molecular formula is C17H20FN3O3. The molecule has 1 aromatic carbocycles. The molecule has 6 nitrogen and oxygen atoms in total. The molecule has 1 N–H and O–H groups in total. The summed E-state index contributed by atoms with van der Waals surface area (Å²) >= 11 is 0. The molecule has 0 aromatic heterocycles. The molecular weight excluding hydrogens is 313 g/mol. The van der Waals surface area contributed by atoms with Gasteiger partial charge < -0.3 is 10.2 Å². The summed E-state index contributed by atoms with van der Waals surface area (Å²) in [6, 6.07) is 5.86. The fourth-order valence-corrected chi connectivity index (χ4v) is 2.47. The second-order valence-electron chi connectivity index (χ2n) is 5.46. The van der Waals surface area contributed by atoms with E-state index in [0.29, 0.717) is 18.5 Å². The first-order valence-corrected chi connectivity index (χ1v) is 7.73. The van der Waals surface area contributed by atoms with Crippen LogP contribution >= 0.6 is 0 Å². The van der Waals surface area contributed by atoms with Crippen molar-refractivity contribution in [3.63, 3.8) is 0 Å². The van der Waals surface area contributed by atoms with Crippen molar-refractivity contribution in [1.82, 2.24) is 15.1 Å². The van der Waals surface area contributed by atoms with E-state index in [1.807, 2.05) is 0 Å². The molecule has 1 aliphatic rings. The van der Waals surface area contributed by atoms with Gasteiger partial charge >= 0.3 is 6.03 Å². The molecule has 0 radical (unpaired) electrons. The van der Waals surface area contributed by atoms with E-state index in [2.05, 4.69) is 11.9 Å². The second kappa shape index (κ2) is 8.24. The number of hydrogen-bond acceptors (Lipinski definition) is 3. The third kappa shape index (κ3) is 4.41. The van der Waals surface area contributed by atoms with Crippen LogP contribution in [0.15, 0.2) is 36.9 Å². The number of amides is 4. The molecule has 128 valence electrons. The smallest absolute Gasteiger partial charge is 0.324 e. The third-order valence-corrected chi connectivity index (χ3v) is 3.73. The molecule has 0 bridgehead atoms. The summed E-state index contributed by atoms with van der Waals surface area (Å²) in [4.78, 5) is 37.8. The lowest BCUT2D eigenvalue weighted by Crippen LogP contribution is -2.34. The minimum atomic E-state index is -0.429. The largest absolute Gasteiger partial charge is 0.335 e. The highest BCUT2D eigenvalue weighted by atomic mass is 19.1. The van der Waals surface area contributed by atoms with Crippen LogP contribution in [0.2, 0.25) is 0 Å². The summed E-state index contributed by atoms with van der Waals surface area (Å²) < 4.78 is 13.7. The van der Waals surface area contributed by atoms with Gasteiger partial charge in [0.05, 0.1) is 6.54 Å². The maximum absolute atomic E-state index is 13.7. The van der Waals surface area contributed by atoms with Crippen molar-refractivity contribution in [2.45, 2.75) is 19.4 Å². The molecule has 0 saturated carbocycles. The summed E-state index contributed by atoms with van der Waals surface area (Å²) in [5, 5.41) is 2.43. The van der Waals surface area contributed by atoms with Gasteiger partial charge in [0.2, 0.25) is 11.8 Å². The number of hydrogen-bond donors (Lipinski definition) is 1. The van der Waals surface area contributed by atoms with E-state index in [1.54, 1.807) is 24.3 Å².